The van der Waals surface area contributed by atoms with Crippen molar-refractivity contribution in [2.75, 3.05) is 18.6 Å². The largest absolute Gasteiger partial charge is 0.494 e. The van der Waals surface area contributed by atoms with E-state index in [1.807, 2.05) is 79.9 Å². The second-order valence-corrected chi connectivity index (χ2v) is 8.66. The molecule has 0 amide bonds. The van der Waals surface area contributed by atoms with Crippen molar-refractivity contribution in [1.82, 2.24) is 14.9 Å². The summed E-state index contributed by atoms with van der Waals surface area (Å²) in [5, 5.41) is 4.10. The van der Waals surface area contributed by atoms with Gasteiger partial charge in [0, 0.05) is 29.5 Å². The lowest BCUT2D eigenvalue weighted by molar-refractivity contribution is 0.0600. The van der Waals surface area contributed by atoms with Crippen molar-refractivity contribution in [3.8, 4) is 11.4 Å². The minimum absolute atomic E-state index is 0.192. The molecule has 1 fully saturated rings. The molecule has 0 spiro atoms. The fraction of sp³-hybridized carbons (Fsp3) is 0.179. The molecule has 1 N–H and O–H groups in total. The van der Waals surface area contributed by atoms with E-state index in [2.05, 4.69) is 25.8 Å². The standard InChI is InChI=1S/C28H26N4O3S/c1-3-35-22-14-12-20(13-15-22)32-26(25(30-28(32)36)23-10-4-5-16-29-23)24-11-7-17-31(24)21-9-6-8-19(18-21)27(33)34-2/h4-18,25-26H,3H2,1-2H3,(H,30,36)/t25-,26+/m1/s1. The highest BCUT2D eigenvalue weighted by atomic mass is 32.1. The molecule has 36 heavy (non-hydrogen) atoms. The van der Waals surface area contributed by atoms with E-state index in [-0.39, 0.29) is 18.1 Å². The van der Waals surface area contributed by atoms with Crippen LogP contribution in [0.5, 0.6) is 5.75 Å². The predicted molar refractivity (Wildman–Crippen MR) is 143 cm³/mol. The van der Waals surface area contributed by atoms with Gasteiger partial charge in [-0.15, -0.1) is 0 Å². The van der Waals surface area contributed by atoms with Gasteiger partial charge in [0.25, 0.3) is 0 Å². The Kier molecular flexibility index (Phi) is 6.69. The maximum Gasteiger partial charge on any atom is 0.337 e. The number of carbonyl (C=O) groups excluding carboxylic acids is 1. The first-order valence-electron chi connectivity index (χ1n) is 11.7. The summed E-state index contributed by atoms with van der Waals surface area (Å²) < 4.78 is 12.6. The second-order valence-electron chi connectivity index (χ2n) is 8.27. The van der Waals surface area contributed by atoms with Crippen molar-refractivity contribution < 1.29 is 14.3 Å². The van der Waals surface area contributed by atoms with E-state index in [1.165, 1.54) is 7.11 Å². The van der Waals surface area contributed by atoms with Gasteiger partial charge in [0.15, 0.2) is 5.11 Å². The zero-order valence-corrected chi connectivity index (χ0v) is 20.8. The molecule has 2 aromatic carbocycles. The number of anilines is 1. The summed E-state index contributed by atoms with van der Waals surface area (Å²) in [7, 11) is 1.38. The summed E-state index contributed by atoms with van der Waals surface area (Å²) in [5.41, 5.74) is 4.15. The van der Waals surface area contributed by atoms with Crippen LogP contribution in [0, 0.1) is 0 Å². The normalized spacial score (nSPS) is 17.1. The zero-order valence-electron chi connectivity index (χ0n) is 20.0. The number of nitrogens with one attached hydrogen (secondary N) is 1. The third-order valence-corrected chi connectivity index (χ3v) is 6.47. The van der Waals surface area contributed by atoms with Gasteiger partial charge in [-0.05, 0) is 85.9 Å². The van der Waals surface area contributed by atoms with Gasteiger partial charge in [0.1, 0.15) is 11.8 Å². The molecule has 1 saturated heterocycles. The van der Waals surface area contributed by atoms with Crippen LogP contribution in [0.3, 0.4) is 0 Å². The number of thiocarbonyl (C=S) groups is 1. The van der Waals surface area contributed by atoms with Gasteiger partial charge in [0.05, 0.1) is 31.0 Å². The number of aromatic nitrogens is 2. The van der Waals surface area contributed by atoms with Crippen molar-refractivity contribution >= 4 is 29.0 Å². The Morgan fingerprint density at radius 2 is 1.86 bits per heavy atom. The van der Waals surface area contributed by atoms with Crippen molar-refractivity contribution in [3.05, 3.63) is 108 Å². The highest BCUT2D eigenvalue weighted by molar-refractivity contribution is 7.80. The summed E-state index contributed by atoms with van der Waals surface area (Å²) in [6, 6.07) is 24.9. The lowest BCUT2D eigenvalue weighted by atomic mass is 10.0. The summed E-state index contributed by atoms with van der Waals surface area (Å²) in [6.45, 7) is 2.57. The quantitative estimate of drug-likeness (QED) is 0.276. The molecule has 0 radical (unpaired) electrons. The number of ether oxygens (including phenoxy) is 2. The van der Waals surface area contributed by atoms with Crippen LogP contribution < -0.4 is 15.0 Å². The first kappa shape index (κ1) is 23.6. The number of hydrogen-bond acceptors (Lipinski definition) is 5. The number of pyridine rings is 1. The number of esters is 1. The highest BCUT2D eigenvalue weighted by Gasteiger charge is 2.42. The number of benzene rings is 2. The molecule has 1 aliphatic heterocycles. The van der Waals surface area contributed by atoms with E-state index >= 15 is 0 Å². The molecule has 2 aromatic heterocycles. The molecule has 0 saturated carbocycles. The Labute approximate surface area is 215 Å². The summed E-state index contributed by atoms with van der Waals surface area (Å²) in [4.78, 5) is 18.9. The molecule has 0 aliphatic carbocycles. The Morgan fingerprint density at radius 1 is 1.03 bits per heavy atom. The van der Waals surface area contributed by atoms with Crippen LogP contribution >= 0.6 is 12.2 Å². The van der Waals surface area contributed by atoms with Gasteiger partial charge in [-0.2, -0.15) is 0 Å². The van der Waals surface area contributed by atoms with E-state index < -0.39 is 0 Å². The van der Waals surface area contributed by atoms with Gasteiger partial charge >= 0.3 is 5.97 Å². The van der Waals surface area contributed by atoms with Crippen LogP contribution in [0.1, 0.15) is 40.8 Å². The molecule has 0 unspecified atom stereocenters. The van der Waals surface area contributed by atoms with E-state index in [1.54, 1.807) is 12.3 Å². The maximum atomic E-state index is 12.2. The number of methoxy groups -OCH3 is 1. The zero-order chi connectivity index (χ0) is 25.1. The molecule has 5 rings (SSSR count). The second kappa shape index (κ2) is 10.2. The number of carbonyl (C=O) groups is 1. The Morgan fingerprint density at radius 3 is 2.58 bits per heavy atom. The average molecular weight is 499 g/mol. The molecule has 4 aromatic rings. The fourth-order valence-corrected chi connectivity index (χ4v) is 4.92. The van der Waals surface area contributed by atoms with Crippen LogP contribution in [0.15, 0.2) is 91.3 Å². The van der Waals surface area contributed by atoms with Crippen molar-refractivity contribution in [2.45, 2.75) is 19.0 Å². The monoisotopic (exact) mass is 498 g/mol. The summed E-state index contributed by atoms with van der Waals surface area (Å²) >= 11 is 5.85. The lowest BCUT2D eigenvalue weighted by Gasteiger charge is -2.29. The van der Waals surface area contributed by atoms with Gasteiger partial charge < -0.3 is 24.3 Å². The summed E-state index contributed by atoms with van der Waals surface area (Å²) in [6.07, 6.45) is 3.77. The Balaban J connectivity index is 1.62. The van der Waals surface area contributed by atoms with Gasteiger partial charge in [0.2, 0.25) is 0 Å². The van der Waals surface area contributed by atoms with Crippen LogP contribution in [0.4, 0.5) is 5.69 Å². The van der Waals surface area contributed by atoms with Crippen molar-refractivity contribution in [2.24, 2.45) is 0 Å². The molecular weight excluding hydrogens is 472 g/mol. The van der Waals surface area contributed by atoms with Crippen LogP contribution in [-0.4, -0.2) is 34.3 Å². The van der Waals surface area contributed by atoms with E-state index in [9.17, 15) is 4.79 Å². The Hall–Kier alpha value is -4.17. The molecule has 7 nitrogen and oxygen atoms in total. The molecule has 0 bridgehead atoms. The van der Waals surface area contributed by atoms with Gasteiger partial charge in [-0.1, -0.05) is 12.1 Å². The minimum atomic E-state index is -0.378. The fourth-order valence-electron chi connectivity index (χ4n) is 4.57. The molecule has 3 heterocycles. The maximum absolute atomic E-state index is 12.2. The smallest absolute Gasteiger partial charge is 0.337 e. The molecular formula is C28H26N4O3S. The predicted octanol–water partition coefficient (Wildman–Crippen LogP) is 5.23. The average Bonchev–Trinajstić information content (AvgIpc) is 3.54. The van der Waals surface area contributed by atoms with E-state index in [0.717, 1.165) is 28.5 Å². The highest BCUT2D eigenvalue weighted by Crippen LogP contribution is 2.42. The SMILES string of the molecule is CCOc1ccc(N2C(=S)N[C@H](c3ccccn3)[C@@H]2c2cccn2-c2cccc(C(=O)OC)c2)cc1. The number of rotatable bonds is 7. The topological polar surface area (TPSA) is 68.6 Å². The van der Waals surface area contributed by atoms with E-state index in [0.29, 0.717) is 17.3 Å². The van der Waals surface area contributed by atoms with Crippen molar-refractivity contribution in [3.63, 3.8) is 0 Å². The lowest BCUT2D eigenvalue weighted by Crippen LogP contribution is -2.30. The molecule has 182 valence electrons. The first-order chi connectivity index (χ1) is 17.6. The molecule has 8 heteroatoms. The minimum Gasteiger partial charge on any atom is -0.494 e. The molecule has 1 aliphatic rings. The number of nitrogens with zero attached hydrogens (tertiary/aromatic N) is 3. The third-order valence-electron chi connectivity index (χ3n) is 6.15. The van der Waals surface area contributed by atoms with Crippen LogP contribution in [-0.2, 0) is 4.74 Å². The van der Waals surface area contributed by atoms with Crippen LogP contribution in [0.25, 0.3) is 5.69 Å². The van der Waals surface area contributed by atoms with Gasteiger partial charge in [-0.3, -0.25) is 4.98 Å². The van der Waals surface area contributed by atoms with Crippen molar-refractivity contribution in [1.29, 1.82) is 0 Å². The Bertz CT molecular complexity index is 1370. The first-order valence-corrected chi connectivity index (χ1v) is 12.1. The van der Waals surface area contributed by atoms with Crippen LogP contribution in [0.2, 0.25) is 0 Å². The van der Waals surface area contributed by atoms with Gasteiger partial charge in [-0.25, -0.2) is 4.79 Å². The van der Waals surface area contributed by atoms with E-state index in [4.69, 9.17) is 21.7 Å². The summed E-state index contributed by atoms with van der Waals surface area (Å²) in [5.74, 6) is 0.428. The number of hydrogen-bond donors (Lipinski definition) is 1. The third kappa shape index (κ3) is 4.43. The molecule has 2 atom stereocenters.